The monoisotopic (exact) mass is 287 g/mol. The number of furan rings is 1. The van der Waals surface area contributed by atoms with Gasteiger partial charge in [-0.05, 0) is 36.8 Å². The Morgan fingerprint density at radius 1 is 1.30 bits per heavy atom. The summed E-state index contributed by atoms with van der Waals surface area (Å²) in [7, 11) is 0. The molecule has 0 aliphatic rings. The maximum Gasteiger partial charge on any atom is 0.238 e. The van der Waals surface area contributed by atoms with Crippen LogP contribution in [0.1, 0.15) is 11.5 Å². The minimum absolute atomic E-state index is 0.461. The van der Waals surface area contributed by atoms with Crippen LogP contribution in [-0.4, -0.2) is 10.1 Å². The Kier molecular flexibility index (Phi) is 3.47. The van der Waals surface area contributed by atoms with Crippen molar-refractivity contribution in [3.8, 4) is 11.6 Å². The zero-order valence-electron chi connectivity index (χ0n) is 10.9. The Morgan fingerprint density at radius 2 is 2.20 bits per heavy atom. The lowest BCUT2D eigenvalue weighted by atomic mass is 10.2. The van der Waals surface area contributed by atoms with E-state index in [2.05, 4.69) is 10.1 Å². The summed E-state index contributed by atoms with van der Waals surface area (Å²) in [6, 6.07) is 9.51. The molecule has 0 aliphatic heterocycles. The average Bonchev–Trinajstić information content (AvgIpc) is 3.09. The molecule has 0 spiro atoms. The van der Waals surface area contributed by atoms with Crippen molar-refractivity contribution in [2.45, 2.75) is 17.6 Å². The van der Waals surface area contributed by atoms with Gasteiger partial charge < -0.3 is 14.7 Å². The first-order valence-electron chi connectivity index (χ1n) is 6.08. The number of aryl methyl sites for hydroxylation is 1. The minimum atomic E-state index is 0.461. The van der Waals surface area contributed by atoms with Crippen LogP contribution < -0.4 is 5.73 Å². The third-order valence-electron chi connectivity index (χ3n) is 2.73. The van der Waals surface area contributed by atoms with Crippen molar-refractivity contribution >= 4 is 17.4 Å². The van der Waals surface area contributed by atoms with E-state index in [1.54, 1.807) is 30.2 Å². The van der Waals surface area contributed by atoms with Crippen LogP contribution in [-0.2, 0) is 5.75 Å². The SMILES string of the molecule is Cc1ccc(N)c(SCc2nc(-c3ccco3)no2)c1. The van der Waals surface area contributed by atoms with Crippen LogP contribution in [0.5, 0.6) is 0 Å². The third kappa shape index (κ3) is 2.70. The zero-order valence-corrected chi connectivity index (χ0v) is 11.7. The number of hydrogen-bond donors (Lipinski definition) is 1. The molecule has 0 atom stereocenters. The smallest absolute Gasteiger partial charge is 0.238 e. The van der Waals surface area contributed by atoms with Crippen molar-refractivity contribution in [3.63, 3.8) is 0 Å². The van der Waals surface area contributed by atoms with Crippen LogP contribution in [0.3, 0.4) is 0 Å². The number of nitrogens with zero attached hydrogens (tertiary/aromatic N) is 2. The maximum atomic E-state index is 5.93. The van der Waals surface area contributed by atoms with Gasteiger partial charge in [0.15, 0.2) is 5.76 Å². The summed E-state index contributed by atoms with van der Waals surface area (Å²) in [6.45, 7) is 2.03. The highest BCUT2D eigenvalue weighted by molar-refractivity contribution is 7.98. The fraction of sp³-hybridized carbons (Fsp3) is 0.143. The molecular formula is C14H13N3O2S. The number of anilines is 1. The van der Waals surface area contributed by atoms with Crippen LogP contribution in [0.25, 0.3) is 11.6 Å². The molecule has 20 heavy (non-hydrogen) atoms. The van der Waals surface area contributed by atoms with E-state index >= 15 is 0 Å². The second kappa shape index (κ2) is 5.42. The fourth-order valence-electron chi connectivity index (χ4n) is 1.73. The molecule has 102 valence electrons. The molecule has 0 saturated carbocycles. The van der Waals surface area contributed by atoms with E-state index in [9.17, 15) is 0 Å². The van der Waals surface area contributed by atoms with Gasteiger partial charge in [-0.25, -0.2) is 0 Å². The molecule has 6 heteroatoms. The third-order valence-corrected chi connectivity index (χ3v) is 3.79. The highest BCUT2D eigenvalue weighted by Crippen LogP contribution is 2.29. The lowest BCUT2D eigenvalue weighted by Gasteiger charge is -2.04. The molecule has 3 aromatic rings. The van der Waals surface area contributed by atoms with E-state index in [4.69, 9.17) is 14.7 Å². The van der Waals surface area contributed by atoms with Gasteiger partial charge in [-0.2, -0.15) is 4.98 Å². The Labute approximate surface area is 120 Å². The molecular weight excluding hydrogens is 274 g/mol. The first kappa shape index (κ1) is 12.8. The molecule has 0 saturated heterocycles. The molecule has 1 aromatic carbocycles. The normalized spacial score (nSPS) is 10.8. The summed E-state index contributed by atoms with van der Waals surface area (Å²) in [5.41, 5.74) is 7.86. The summed E-state index contributed by atoms with van der Waals surface area (Å²) in [4.78, 5) is 5.30. The molecule has 0 unspecified atom stereocenters. The Hall–Kier alpha value is -2.21. The summed E-state index contributed by atoms with van der Waals surface area (Å²) in [5, 5.41) is 3.89. The number of benzene rings is 1. The predicted octanol–water partition coefficient (Wildman–Crippen LogP) is 3.51. The van der Waals surface area contributed by atoms with Crippen LogP contribution in [0.4, 0.5) is 5.69 Å². The van der Waals surface area contributed by atoms with Gasteiger partial charge >= 0.3 is 0 Å². The molecule has 0 aliphatic carbocycles. The average molecular weight is 287 g/mol. The zero-order chi connectivity index (χ0) is 13.9. The number of hydrogen-bond acceptors (Lipinski definition) is 6. The molecule has 5 nitrogen and oxygen atoms in total. The second-order valence-electron chi connectivity index (χ2n) is 4.32. The molecule has 2 aromatic heterocycles. The molecule has 0 bridgehead atoms. The minimum Gasteiger partial charge on any atom is -0.461 e. The number of aromatic nitrogens is 2. The van der Waals surface area contributed by atoms with Crippen molar-refractivity contribution in [3.05, 3.63) is 48.0 Å². The van der Waals surface area contributed by atoms with Crippen molar-refractivity contribution < 1.29 is 8.94 Å². The van der Waals surface area contributed by atoms with Crippen molar-refractivity contribution in [2.24, 2.45) is 0 Å². The number of thioether (sulfide) groups is 1. The number of nitrogen functional groups attached to an aromatic ring is 1. The van der Waals surface area contributed by atoms with Gasteiger partial charge in [0.2, 0.25) is 11.7 Å². The van der Waals surface area contributed by atoms with Crippen molar-refractivity contribution in [2.75, 3.05) is 5.73 Å². The molecule has 0 amide bonds. The first-order valence-corrected chi connectivity index (χ1v) is 7.06. The molecule has 2 N–H and O–H groups in total. The van der Waals surface area contributed by atoms with Gasteiger partial charge in [0.05, 0.1) is 12.0 Å². The van der Waals surface area contributed by atoms with E-state index in [-0.39, 0.29) is 0 Å². The molecule has 2 heterocycles. The van der Waals surface area contributed by atoms with Crippen LogP contribution >= 0.6 is 11.8 Å². The van der Waals surface area contributed by atoms with Crippen LogP contribution in [0.15, 0.2) is 50.4 Å². The number of rotatable bonds is 4. The molecule has 0 radical (unpaired) electrons. The molecule has 3 rings (SSSR count). The first-order chi connectivity index (χ1) is 9.72. The number of nitrogens with two attached hydrogens (primary N) is 1. The van der Waals surface area contributed by atoms with E-state index in [0.29, 0.717) is 23.2 Å². The summed E-state index contributed by atoms with van der Waals surface area (Å²) in [5.74, 6) is 2.17. The lowest BCUT2D eigenvalue weighted by Crippen LogP contribution is -1.90. The van der Waals surface area contributed by atoms with Gasteiger partial charge in [0.1, 0.15) is 0 Å². The fourth-order valence-corrected chi connectivity index (χ4v) is 2.63. The van der Waals surface area contributed by atoms with Crippen molar-refractivity contribution in [1.29, 1.82) is 0 Å². The Balaban J connectivity index is 1.71. The highest BCUT2D eigenvalue weighted by atomic mass is 32.2. The van der Waals surface area contributed by atoms with Crippen molar-refractivity contribution in [1.82, 2.24) is 10.1 Å². The quantitative estimate of drug-likeness (QED) is 0.584. The Bertz CT molecular complexity index is 707. The predicted molar refractivity (Wildman–Crippen MR) is 77.2 cm³/mol. The highest BCUT2D eigenvalue weighted by Gasteiger charge is 2.11. The maximum absolute atomic E-state index is 5.93. The summed E-state index contributed by atoms with van der Waals surface area (Å²) in [6.07, 6.45) is 1.58. The van der Waals surface area contributed by atoms with Gasteiger partial charge in [-0.3, -0.25) is 0 Å². The van der Waals surface area contributed by atoms with Gasteiger partial charge in [-0.1, -0.05) is 11.2 Å². The standard InChI is InChI=1S/C14H13N3O2S/c1-9-4-5-10(15)12(7-9)20-8-13-16-14(17-19-13)11-3-2-6-18-11/h2-7H,8,15H2,1H3. The van der Waals surface area contributed by atoms with Gasteiger partial charge in [-0.15, -0.1) is 11.8 Å². The van der Waals surface area contributed by atoms with E-state index in [1.165, 1.54) is 5.56 Å². The van der Waals surface area contributed by atoms with Crippen LogP contribution in [0.2, 0.25) is 0 Å². The largest absolute Gasteiger partial charge is 0.461 e. The summed E-state index contributed by atoms with van der Waals surface area (Å²) < 4.78 is 10.4. The Morgan fingerprint density at radius 3 is 3.00 bits per heavy atom. The van der Waals surface area contributed by atoms with Gasteiger partial charge in [0, 0.05) is 10.6 Å². The second-order valence-corrected chi connectivity index (χ2v) is 5.34. The lowest BCUT2D eigenvalue weighted by molar-refractivity contribution is 0.390. The van der Waals surface area contributed by atoms with Crippen LogP contribution in [0, 0.1) is 6.92 Å². The topological polar surface area (TPSA) is 78.1 Å². The van der Waals surface area contributed by atoms with E-state index in [1.807, 2.05) is 25.1 Å². The van der Waals surface area contributed by atoms with E-state index in [0.717, 1.165) is 10.6 Å². The summed E-state index contributed by atoms with van der Waals surface area (Å²) >= 11 is 1.57. The van der Waals surface area contributed by atoms with Gasteiger partial charge in [0.25, 0.3) is 0 Å². The van der Waals surface area contributed by atoms with E-state index < -0.39 is 0 Å². The molecule has 0 fully saturated rings.